The number of nitrogens with zero attached hydrogens (tertiary/aromatic N) is 1. The molecule has 1 aliphatic rings. The molecule has 12 nitrogen and oxygen atoms in total. The van der Waals surface area contributed by atoms with Crippen LogP contribution in [0.3, 0.4) is 0 Å². The standard InChI is InChI=1S/C25H24F3N5O7S2/c1-13(34)29-15-5-7-16(8-6-15)42(37,38)32-24(25(26,27)28)19-20(30-22(24)36)33(23(41)31-21(19)35)11-10-14-4-9-17(39-2)18(12-14)40-3/h4-9,12,32H,10-11H2,1-3H3,(H,29,34)(H,30,36)(H,31,35,41)/t24-/m1/s1. The van der Waals surface area contributed by atoms with Gasteiger partial charge in [0.05, 0.1) is 24.7 Å². The first-order chi connectivity index (χ1) is 19.6. The van der Waals surface area contributed by atoms with Crippen LogP contribution in [-0.4, -0.2) is 50.2 Å². The molecule has 42 heavy (non-hydrogen) atoms. The lowest BCUT2D eigenvalue weighted by Gasteiger charge is -2.29. The number of benzene rings is 2. The third-order valence-corrected chi connectivity index (χ3v) is 8.21. The predicted molar refractivity (Wildman–Crippen MR) is 147 cm³/mol. The van der Waals surface area contributed by atoms with Crippen LogP contribution in [0.15, 0.2) is 52.2 Å². The summed E-state index contributed by atoms with van der Waals surface area (Å²) in [7, 11) is -2.20. The van der Waals surface area contributed by atoms with Crippen molar-refractivity contribution in [2.75, 3.05) is 24.9 Å². The molecule has 17 heteroatoms. The smallest absolute Gasteiger partial charge is 0.421 e. The fraction of sp³-hybridized carbons (Fsp3) is 0.280. The molecule has 2 heterocycles. The summed E-state index contributed by atoms with van der Waals surface area (Å²) in [4.78, 5) is 38.8. The summed E-state index contributed by atoms with van der Waals surface area (Å²) in [5.41, 5.74) is -5.76. The van der Waals surface area contributed by atoms with Crippen molar-refractivity contribution in [3.8, 4) is 11.5 Å². The molecule has 0 aliphatic carbocycles. The Hall–Kier alpha value is -4.22. The van der Waals surface area contributed by atoms with E-state index >= 15 is 0 Å². The van der Waals surface area contributed by atoms with Crippen molar-refractivity contribution in [1.29, 1.82) is 0 Å². The largest absolute Gasteiger partial charge is 0.493 e. The molecule has 4 N–H and O–H groups in total. The van der Waals surface area contributed by atoms with E-state index < -0.39 is 55.4 Å². The van der Waals surface area contributed by atoms with Gasteiger partial charge in [0.2, 0.25) is 21.5 Å². The molecule has 0 bridgehead atoms. The predicted octanol–water partition coefficient (Wildman–Crippen LogP) is 2.81. The highest BCUT2D eigenvalue weighted by Gasteiger charge is 2.69. The number of anilines is 2. The Morgan fingerprint density at radius 2 is 1.71 bits per heavy atom. The van der Waals surface area contributed by atoms with Gasteiger partial charge < -0.3 is 24.7 Å². The van der Waals surface area contributed by atoms with Crippen molar-refractivity contribution < 1.29 is 40.7 Å². The molecule has 3 aromatic rings. The Kier molecular flexibility index (Phi) is 8.21. The van der Waals surface area contributed by atoms with Crippen molar-refractivity contribution in [2.24, 2.45) is 0 Å². The van der Waals surface area contributed by atoms with Gasteiger partial charge in [-0.15, -0.1) is 0 Å². The molecular weight excluding hydrogens is 603 g/mol. The highest BCUT2D eigenvalue weighted by molar-refractivity contribution is 7.89. The Morgan fingerprint density at radius 3 is 2.29 bits per heavy atom. The number of H-pyrrole nitrogens is 1. The second kappa shape index (κ2) is 11.2. The molecule has 0 saturated carbocycles. The number of rotatable bonds is 9. The maximum absolute atomic E-state index is 14.8. The number of carbonyl (C=O) groups is 2. The number of halogens is 3. The minimum absolute atomic E-state index is 0.112. The van der Waals surface area contributed by atoms with Gasteiger partial charge in [0.25, 0.3) is 11.5 Å². The van der Waals surface area contributed by atoms with Gasteiger partial charge in [0, 0.05) is 19.2 Å². The molecular formula is C25H24F3N5O7S2. The number of aromatic amines is 1. The van der Waals surface area contributed by atoms with Gasteiger partial charge in [0.1, 0.15) is 5.82 Å². The zero-order chi connectivity index (χ0) is 31.0. The number of amides is 2. The number of alkyl halides is 3. The van der Waals surface area contributed by atoms with Crippen molar-refractivity contribution in [3.63, 3.8) is 0 Å². The van der Waals surface area contributed by atoms with E-state index in [1.807, 2.05) is 5.32 Å². The molecule has 4 rings (SSSR count). The van der Waals surface area contributed by atoms with Crippen LogP contribution < -0.4 is 30.4 Å². The third-order valence-electron chi connectivity index (χ3n) is 6.42. The number of aromatic nitrogens is 2. The molecule has 0 unspecified atom stereocenters. The molecule has 1 atom stereocenters. The SMILES string of the molecule is COc1ccc(CCn2c3c(c(=O)[nH]c2=S)[C@](NS(=O)(=O)c2ccc(NC(C)=O)cc2)(C(F)(F)F)C(=O)N3)cc1OC. The van der Waals surface area contributed by atoms with Gasteiger partial charge in [-0.3, -0.25) is 19.4 Å². The normalized spacial score (nSPS) is 16.5. The minimum Gasteiger partial charge on any atom is -0.493 e. The van der Waals surface area contributed by atoms with Gasteiger partial charge in [-0.1, -0.05) is 6.07 Å². The van der Waals surface area contributed by atoms with E-state index in [1.54, 1.807) is 18.2 Å². The first kappa shape index (κ1) is 30.7. The average molecular weight is 628 g/mol. The van der Waals surface area contributed by atoms with Gasteiger partial charge in [0.15, 0.2) is 16.3 Å². The Bertz CT molecular complexity index is 1790. The van der Waals surface area contributed by atoms with E-state index in [4.69, 9.17) is 21.7 Å². The second-order valence-electron chi connectivity index (χ2n) is 9.09. The van der Waals surface area contributed by atoms with E-state index in [1.165, 1.54) is 25.9 Å². The Labute approximate surface area is 241 Å². The van der Waals surface area contributed by atoms with Crippen LogP contribution in [0.1, 0.15) is 18.1 Å². The molecule has 1 aliphatic heterocycles. The van der Waals surface area contributed by atoms with E-state index in [-0.39, 0.29) is 23.4 Å². The van der Waals surface area contributed by atoms with Crippen molar-refractivity contribution in [3.05, 3.63) is 68.7 Å². The summed E-state index contributed by atoms with van der Waals surface area (Å²) in [5.74, 6) is -2.06. The molecule has 0 radical (unpaired) electrons. The summed E-state index contributed by atoms with van der Waals surface area (Å²) < 4.78 is 83.3. The summed E-state index contributed by atoms with van der Waals surface area (Å²) >= 11 is 5.18. The molecule has 1 aromatic heterocycles. The molecule has 2 aromatic carbocycles. The average Bonchev–Trinajstić information content (AvgIpc) is 3.20. The van der Waals surface area contributed by atoms with Crippen molar-refractivity contribution in [2.45, 2.75) is 36.5 Å². The van der Waals surface area contributed by atoms with Crippen LogP contribution in [0.25, 0.3) is 0 Å². The van der Waals surface area contributed by atoms with Crippen LogP contribution >= 0.6 is 12.2 Å². The summed E-state index contributed by atoms with van der Waals surface area (Å²) in [5, 5.41) is 4.42. The van der Waals surface area contributed by atoms with E-state index in [9.17, 15) is 36.0 Å². The topological polar surface area (TPSA) is 161 Å². The quantitative estimate of drug-likeness (QED) is 0.264. The van der Waals surface area contributed by atoms with Gasteiger partial charge in [-0.05, 0) is 60.6 Å². The number of ether oxygens (including phenoxy) is 2. The number of nitrogens with one attached hydrogen (secondary N) is 4. The fourth-order valence-electron chi connectivity index (χ4n) is 4.46. The molecule has 0 saturated heterocycles. The molecule has 2 amide bonds. The maximum Gasteiger partial charge on any atom is 0.421 e. The third kappa shape index (κ3) is 5.49. The number of sulfonamides is 1. The Balaban J connectivity index is 1.78. The molecule has 224 valence electrons. The summed E-state index contributed by atoms with van der Waals surface area (Å²) in [6, 6.07) is 9.11. The number of hydrogen-bond donors (Lipinski definition) is 4. The second-order valence-corrected chi connectivity index (χ2v) is 11.2. The van der Waals surface area contributed by atoms with Crippen LogP contribution in [0.4, 0.5) is 24.7 Å². The zero-order valence-electron chi connectivity index (χ0n) is 22.2. The van der Waals surface area contributed by atoms with Crippen LogP contribution in [-0.2, 0) is 38.1 Å². The van der Waals surface area contributed by atoms with E-state index in [0.717, 1.165) is 28.8 Å². The number of carbonyl (C=O) groups excluding carboxylic acids is 2. The molecule has 0 spiro atoms. The van der Waals surface area contributed by atoms with Crippen LogP contribution in [0, 0.1) is 4.77 Å². The maximum atomic E-state index is 14.8. The number of fused-ring (bicyclic) bond motifs is 1. The first-order valence-electron chi connectivity index (χ1n) is 12.0. The highest BCUT2D eigenvalue weighted by Crippen LogP contribution is 2.46. The first-order valence-corrected chi connectivity index (χ1v) is 13.9. The lowest BCUT2D eigenvalue weighted by molar-refractivity contribution is -0.194. The minimum atomic E-state index is -5.61. The zero-order valence-corrected chi connectivity index (χ0v) is 23.8. The van der Waals surface area contributed by atoms with E-state index in [0.29, 0.717) is 17.1 Å². The fourth-order valence-corrected chi connectivity index (χ4v) is 6.06. The van der Waals surface area contributed by atoms with Crippen LogP contribution in [0.2, 0.25) is 0 Å². The van der Waals surface area contributed by atoms with Crippen molar-refractivity contribution >= 4 is 45.6 Å². The lowest BCUT2D eigenvalue weighted by Crippen LogP contribution is -2.61. The monoisotopic (exact) mass is 627 g/mol. The highest BCUT2D eigenvalue weighted by atomic mass is 32.2. The molecule has 0 fully saturated rings. The summed E-state index contributed by atoms with van der Waals surface area (Å²) in [6.07, 6.45) is -5.45. The van der Waals surface area contributed by atoms with Gasteiger partial charge in [-0.2, -0.15) is 17.9 Å². The van der Waals surface area contributed by atoms with Crippen LogP contribution in [0.5, 0.6) is 11.5 Å². The number of methoxy groups -OCH3 is 2. The summed E-state index contributed by atoms with van der Waals surface area (Å²) in [6.45, 7) is 1.10. The Morgan fingerprint density at radius 1 is 1.07 bits per heavy atom. The van der Waals surface area contributed by atoms with Crippen molar-refractivity contribution in [1.82, 2.24) is 14.3 Å². The number of hydrogen-bond acceptors (Lipinski definition) is 8. The lowest BCUT2D eigenvalue weighted by atomic mass is 9.93. The van der Waals surface area contributed by atoms with E-state index in [2.05, 4.69) is 10.3 Å². The number of aryl methyl sites for hydroxylation is 1. The van der Waals surface area contributed by atoms with Gasteiger partial charge >= 0.3 is 6.18 Å². The van der Waals surface area contributed by atoms with Gasteiger partial charge in [-0.25, -0.2) is 8.42 Å².